The maximum absolute atomic E-state index is 11.0. The van der Waals surface area contributed by atoms with E-state index in [9.17, 15) is 4.79 Å². The molecular weight excluding hydrogens is 292 g/mol. The molecule has 2 aromatic heterocycles. The molecule has 116 valence electrons. The predicted octanol–water partition coefficient (Wildman–Crippen LogP) is 2.92. The summed E-state index contributed by atoms with van der Waals surface area (Å²) in [5, 5.41) is 9.05. The molecule has 1 aromatic carbocycles. The summed E-state index contributed by atoms with van der Waals surface area (Å²) in [5.41, 5.74) is 2.59. The second kappa shape index (κ2) is 5.39. The van der Waals surface area contributed by atoms with Gasteiger partial charge in [-0.2, -0.15) is 0 Å². The highest BCUT2D eigenvalue weighted by Crippen LogP contribution is 2.24. The first-order chi connectivity index (χ1) is 11.2. The first kappa shape index (κ1) is 13.8. The Morgan fingerprint density at radius 1 is 1.17 bits per heavy atom. The van der Waals surface area contributed by atoms with Crippen LogP contribution in [-0.4, -0.2) is 39.1 Å². The molecule has 6 heteroatoms. The highest BCUT2D eigenvalue weighted by Gasteiger charge is 2.14. The zero-order chi connectivity index (χ0) is 15.8. The lowest BCUT2D eigenvalue weighted by atomic mass is 10.2. The molecule has 1 saturated heterocycles. The Morgan fingerprint density at radius 3 is 2.70 bits per heavy atom. The summed E-state index contributed by atoms with van der Waals surface area (Å²) in [6.07, 6.45) is 4.25. The summed E-state index contributed by atoms with van der Waals surface area (Å²) in [7, 11) is 0. The smallest absolute Gasteiger partial charge is 0.335 e. The van der Waals surface area contributed by atoms with Crippen LogP contribution in [-0.2, 0) is 0 Å². The predicted molar refractivity (Wildman–Crippen MR) is 87.7 cm³/mol. The normalized spacial score (nSPS) is 14.5. The van der Waals surface area contributed by atoms with Crippen molar-refractivity contribution in [1.82, 2.24) is 15.0 Å². The fourth-order valence-corrected chi connectivity index (χ4v) is 2.94. The Morgan fingerprint density at radius 2 is 2.00 bits per heavy atom. The van der Waals surface area contributed by atoms with Crippen LogP contribution in [0.15, 0.2) is 36.5 Å². The van der Waals surface area contributed by atoms with Crippen LogP contribution in [0.2, 0.25) is 0 Å². The van der Waals surface area contributed by atoms with E-state index in [1.54, 1.807) is 18.2 Å². The minimum Gasteiger partial charge on any atom is -0.478 e. The number of carboxylic acids is 1. The van der Waals surface area contributed by atoms with Gasteiger partial charge in [-0.05, 0) is 43.2 Å². The van der Waals surface area contributed by atoms with E-state index in [4.69, 9.17) is 5.11 Å². The molecule has 0 atom stereocenters. The summed E-state index contributed by atoms with van der Waals surface area (Å²) in [6, 6.07) is 8.88. The number of nitrogens with one attached hydrogen (secondary N) is 1. The molecule has 1 fully saturated rings. The molecule has 0 saturated carbocycles. The number of anilines is 1. The summed E-state index contributed by atoms with van der Waals surface area (Å²) in [4.78, 5) is 25.5. The monoisotopic (exact) mass is 308 g/mol. The largest absolute Gasteiger partial charge is 0.478 e. The number of fused-ring (bicyclic) bond motifs is 1. The minimum absolute atomic E-state index is 0.246. The van der Waals surface area contributed by atoms with Crippen LogP contribution in [0.1, 0.15) is 23.2 Å². The average molecular weight is 308 g/mol. The van der Waals surface area contributed by atoms with Crippen molar-refractivity contribution in [3.8, 4) is 11.4 Å². The third kappa shape index (κ3) is 2.52. The SMILES string of the molecule is O=C(O)c1ccc2nc(-c3ccc(N4CCCC4)nc3)[nH]c2c1. The first-order valence-corrected chi connectivity index (χ1v) is 7.65. The fourth-order valence-electron chi connectivity index (χ4n) is 2.94. The van der Waals surface area contributed by atoms with Crippen molar-refractivity contribution in [2.24, 2.45) is 0 Å². The van der Waals surface area contributed by atoms with Gasteiger partial charge in [-0.15, -0.1) is 0 Å². The Balaban J connectivity index is 1.66. The molecule has 23 heavy (non-hydrogen) atoms. The van der Waals surface area contributed by atoms with Crippen molar-refractivity contribution >= 4 is 22.8 Å². The number of H-pyrrole nitrogens is 1. The summed E-state index contributed by atoms with van der Waals surface area (Å²) in [5.74, 6) is 0.748. The van der Waals surface area contributed by atoms with Crippen LogP contribution in [0.3, 0.4) is 0 Å². The molecular formula is C17H16N4O2. The Labute approximate surface area is 132 Å². The Bertz CT molecular complexity index is 864. The van der Waals surface area contributed by atoms with E-state index < -0.39 is 5.97 Å². The van der Waals surface area contributed by atoms with Gasteiger partial charge in [0, 0.05) is 24.8 Å². The second-order valence-corrected chi connectivity index (χ2v) is 5.72. The minimum atomic E-state index is -0.945. The molecule has 4 rings (SSSR count). The number of carbonyl (C=O) groups is 1. The van der Waals surface area contributed by atoms with Gasteiger partial charge in [-0.25, -0.2) is 14.8 Å². The molecule has 3 heterocycles. The summed E-state index contributed by atoms with van der Waals surface area (Å²) in [6.45, 7) is 2.13. The van der Waals surface area contributed by atoms with Crippen LogP contribution in [0.4, 0.5) is 5.82 Å². The van der Waals surface area contributed by atoms with Gasteiger partial charge >= 0.3 is 5.97 Å². The van der Waals surface area contributed by atoms with Gasteiger partial charge in [0.1, 0.15) is 11.6 Å². The maximum Gasteiger partial charge on any atom is 0.335 e. The quantitative estimate of drug-likeness (QED) is 0.777. The number of aromatic amines is 1. The van der Waals surface area contributed by atoms with Crippen molar-refractivity contribution in [2.75, 3.05) is 18.0 Å². The van der Waals surface area contributed by atoms with E-state index in [2.05, 4.69) is 19.9 Å². The van der Waals surface area contributed by atoms with Crippen molar-refractivity contribution in [3.05, 3.63) is 42.1 Å². The highest BCUT2D eigenvalue weighted by molar-refractivity contribution is 5.92. The Kier molecular flexibility index (Phi) is 3.22. The number of benzene rings is 1. The van der Waals surface area contributed by atoms with E-state index in [1.807, 2.05) is 18.3 Å². The van der Waals surface area contributed by atoms with Gasteiger partial charge < -0.3 is 15.0 Å². The highest BCUT2D eigenvalue weighted by atomic mass is 16.4. The third-order valence-electron chi connectivity index (χ3n) is 4.18. The van der Waals surface area contributed by atoms with Crippen molar-refractivity contribution in [2.45, 2.75) is 12.8 Å². The van der Waals surface area contributed by atoms with Crippen LogP contribution in [0.25, 0.3) is 22.4 Å². The zero-order valence-electron chi connectivity index (χ0n) is 12.5. The van der Waals surface area contributed by atoms with Gasteiger partial charge in [-0.1, -0.05) is 0 Å². The molecule has 6 nitrogen and oxygen atoms in total. The zero-order valence-corrected chi connectivity index (χ0v) is 12.5. The number of aromatic nitrogens is 3. The molecule has 0 aliphatic carbocycles. The van der Waals surface area contributed by atoms with Crippen LogP contribution < -0.4 is 4.90 Å². The van der Waals surface area contributed by atoms with E-state index in [1.165, 1.54) is 12.8 Å². The van der Waals surface area contributed by atoms with E-state index in [0.717, 1.165) is 30.0 Å². The second-order valence-electron chi connectivity index (χ2n) is 5.72. The number of hydrogen-bond acceptors (Lipinski definition) is 4. The summed E-state index contributed by atoms with van der Waals surface area (Å²) < 4.78 is 0. The fraction of sp³-hybridized carbons (Fsp3) is 0.235. The first-order valence-electron chi connectivity index (χ1n) is 7.65. The van der Waals surface area contributed by atoms with Crippen molar-refractivity contribution in [1.29, 1.82) is 0 Å². The number of imidazole rings is 1. The third-order valence-corrected chi connectivity index (χ3v) is 4.18. The number of aromatic carboxylic acids is 1. The molecule has 0 bridgehead atoms. The topological polar surface area (TPSA) is 82.1 Å². The molecule has 0 amide bonds. The Hall–Kier alpha value is -2.89. The maximum atomic E-state index is 11.0. The molecule has 1 aliphatic rings. The standard InChI is InChI=1S/C17H16N4O2/c22-17(23)11-3-5-13-14(9-11)20-16(19-13)12-4-6-15(18-10-12)21-7-1-2-8-21/h3-6,9-10H,1-2,7-8H2,(H,19,20)(H,22,23). The van der Waals surface area contributed by atoms with Crippen LogP contribution in [0, 0.1) is 0 Å². The van der Waals surface area contributed by atoms with Gasteiger partial charge in [0.2, 0.25) is 0 Å². The number of hydrogen-bond donors (Lipinski definition) is 2. The van der Waals surface area contributed by atoms with Crippen LogP contribution in [0.5, 0.6) is 0 Å². The lowest BCUT2D eigenvalue weighted by molar-refractivity contribution is 0.0697. The van der Waals surface area contributed by atoms with Crippen molar-refractivity contribution < 1.29 is 9.90 Å². The van der Waals surface area contributed by atoms with E-state index >= 15 is 0 Å². The van der Waals surface area contributed by atoms with Gasteiger partial charge in [0.15, 0.2) is 0 Å². The molecule has 2 N–H and O–H groups in total. The number of carboxylic acid groups (broad SMARTS) is 1. The van der Waals surface area contributed by atoms with Gasteiger partial charge in [-0.3, -0.25) is 0 Å². The lowest BCUT2D eigenvalue weighted by Gasteiger charge is -2.15. The van der Waals surface area contributed by atoms with E-state index in [-0.39, 0.29) is 5.56 Å². The molecule has 0 spiro atoms. The molecule has 1 aliphatic heterocycles. The lowest BCUT2D eigenvalue weighted by Crippen LogP contribution is -2.18. The molecule has 0 radical (unpaired) electrons. The molecule has 0 unspecified atom stereocenters. The van der Waals surface area contributed by atoms with Crippen LogP contribution >= 0.6 is 0 Å². The van der Waals surface area contributed by atoms with Gasteiger partial charge in [0.25, 0.3) is 0 Å². The number of nitrogens with zero attached hydrogens (tertiary/aromatic N) is 3. The number of pyridine rings is 1. The van der Waals surface area contributed by atoms with Gasteiger partial charge in [0.05, 0.1) is 16.6 Å². The summed E-state index contributed by atoms with van der Waals surface area (Å²) >= 11 is 0. The molecule has 3 aromatic rings. The number of rotatable bonds is 3. The average Bonchev–Trinajstić information content (AvgIpc) is 3.23. The van der Waals surface area contributed by atoms with Crippen molar-refractivity contribution in [3.63, 3.8) is 0 Å². The van der Waals surface area contributed by atoms with E-state index in [0.29, 0.717) is 11.3 Å².